The summed E-state index contributed by atoms with van der Waals surface area (Å²) >= 11 is 1.52. The second-order valence-electron chi connectivity index (χ2n) is 5.63. The number of hydrazone groups is 1. The van der Waals surface area contributed by atoms with Crippen molar-refractivity contribution >= 4 is 38.9 Å². The van der Waals surface area contributed by atoms with E-state index in [0.717, 1.165) is 15.8 Å². The maximum atomic E-state index is 12.0. The number of fused-ring (bicyclic) bond motifs is 1. The number of furan rings is 1. The SMILES string of the molecule is COc1cc(C=NNc2nc3ccccc3s2)ccc1OC(=O)c1ccco1. The molecule has 0 spiro atoms. The number of benzene rings is 2. The molecule has 7 nitrogen and oxygen atoms in total. The second-order valence-corrected chi connectivity index (χ2v) is 6.66. The molecule has 1 N–H and O–H groups in total. The molecule has 28 heavy (non-hydrogen) atoms. The predicted octanol–water partition coefficient (Wildman–Crippen LogP) is 4.56. The quantitative estimate of drug-likeness (QED) is 0.224. The summed E-state index contributed by atoms with van der Waals surface area (Å²) in [4.78, 5) is 16.5. The first-order valence-corrected chi connectivity index (χ1v) is 9.13. The van der Waals surface area contributed by atoms with E-state index in [0.29, 0.717) is 16.6 Å². The minimum atomic E-state index is -0.595. The molecule has 0 radical (unpaired) electrons. The van der Waals surface area contributed by atoms with Gasteiger partial charge in [-0.1, -0.05) is 23.5 Å². The Morgan fingerprint density at radius 2 is 2.07 bits per heavy atom. The minimum Gasteiger partial charge on any atom is -0.493 e. The lowest BCUT2D eigenvalue weighted by Crippen LogP contribution is -2.08. The molecule has 0 aliphatic heterocycles. The molecule has 4 rings (SSSR count). The highest BCUT2D eigenvalue weighted by Gasteiger charge is 2.14. The van der Waals surface area contributed by atoms with Crippen LogP contribution in [-0.2, 0) is 0 Å². The highest BCUT2D eigenvalue weighted by atomic mass is 32.1. The van der Waals surface area contributed by atoms with Gasteiger partial charge >= 0.3 is 5.97 Å². The van der Waals surface area contributed by atoms with E-state index in [4.69, 9.17) is 13.9 Å². The number of methoxy groups -OCH3 is 1. The van der Waals surface area contributed by atoms with Crippen molar-refractivity contribution < 1.29 is 18.7 Å². The molecule has 0 aliphatic carbocycles. The lowest BCUT2D eigenvalue weighted by Gasteiger charge is -2.08. The number of aromatic nitrogens is 1. The molecule has 0 fully saturated rings. The summed E-state index contributed by atoms with van der Waals surface area (Å²) in [5.41, 5.74) is 4.62. The Kier molecular flexibility index (Phi) is 5.03. The molecule has 0 aliphatic rings. The molecule has 0 saturated carbocycles. The van der Waals surface area contributed by atoms with Gasteiger partial charge in [0.15, 0.2) is 11.5 Å². The number of nitrogens with zero attached hydrogens (tertiary/aromatic N) is 2. The lowest BCUT2D eigenvalue weighted by atomic mass is 10.2. The van der Waals surface area contributed by atoms with Gasteiger partial charge in [0.2, 0.25) is 10.9 Å². The highest BCUT2D eigenvalue weighted by molar-refractivity contribution is 7.22. The topological polar surface area (TPSA) is 86.0 Å². The smallest absolute Gasteiger partial charge is 0.379 e. The van der Waals surface area contributed by atoms with Crippen LogP contribution in [0.15, 0.2) is 70.4 Å². The molecule has 2 heterocycles. The van der Waals surface area contributed by atoms with E-state index in [1.165, 1.54) is 30.8 Å². The zero-order valence-electron chi connectivity index (χ0n) is 14.8. The number of carbonyl (C=O) groups excluding carboxylic acids is 1. The molecule has 0 unspecified atom stereocenters. The van der Waals surface area contributed by atoms with Crippen molar-refractivity contribution in [3.05, 3.63) is 72.2 Å². The second kappa shape index (κ2) is 7.93. The molecule has 2 aromatic carbocycles. The average Bonchev–Trinajstić information content (AvgIpc) is 3.38. The van der Waals surface area contributed by atoms with Crippen LogP contribution in [0.25, 0.3) is 10.2 Å². The summed E-state index contributed by atoms with van der Waals surface area (Å²) < 4.78 is 16.7. The maximum absolute atomic E-state index is 12.0. The van der Waals surface area contributed by atoms with E-state index >= 15 is 0 Å². The van der Waals surface area contributed by atoms with E-state index in [2.05, 4.69) is 15.5 Å². The zero-order chi connectivity index (χ0) is 19.3. The molecule has 8 heteroatoms. The highest BCUT2D eigenvalue weighted by Crippen LogP contribution is 2.29. The van der Waals surface area contributed by atoms with Gasteiger partial charge in [0.05, 0.1) is 29.8 Å². The van der Waals surface area contributed by atoms with Crippen LogP contribution in [0.3, 0.4) is 0 Å². The average molecular weight is 393 g/mol. The number of nitrogens with one attached hydrogen (secondary N) is 1. The monoisotopic (exact) mass is 393 g/mol. The van der Waals surface area contributed by atoms with Gasteiger partial charge in [0.25, 0.3) is 0 Å². The molecule has 140 valence electrons. The molecule has 0 bridgehead atoms. The summed E-state index contributed by atoms with van der Waals surface area (Å²) in [6.07, 6.45) is 3.04. The number of thiazole rings is 1. The molecule has 2 aromatic heterocycles. The van der Waals surface area contributed by atoms with Gasteiger partial charge < -0.3 is 13.9 Å². The van der Waals surface area contributed by atoms with Gasteiger partial charge in [-0.25, -0.2) is 9.78 Å². The third-order valence-corrected chi connectivity index (χ3v) is 4.72. The van der Waals surface area contributed by atoms with Crippen LogP contribution < -0.4 is 14.9 Å². The van der Waals surface area contributed by atoms with E-state index in [1.54, 1.807) is 30.5 Å². The summed E-state index contributed by atoms with van der Waals surface area (Å²) in [5, 5.41) is 4.91. The summed E-state index contributed by atoms with van der Waals surface area (Å²) in [5.74, 6) is 0.221. The molecule has 0 amide bonds. The van der Waals surface area contributed by atoms with Crippen molar-refractivity contribution in [2.75, 3.05) is 12.5 Å². The largest absolute Gasteiger partial charge is 0.493 e. The molecule has 0 atom stereocenters. The van der Waals surface area contributed by atoms with Gasteiger partial charge in [-0.05, 0) is 48.0 Å². The van der Waals surface area contributed by atoms with Crippen molar-refractivity contribution in [1.29, 1.82) is 0 Å². The first-order chi connectivity index (χ1) is 13.7. The third-order valence-electron chi connectivity index (χ3n) is 3.78. The van der Waals surface area contributed by atoms with Crippen molar-refractivity contribution in [3.8, 4) is 11.5 Å². The van der Waals surface area contributed by atoms with Crippen LogP contribution in [0.2, 0.25) is 0 Å². The summed E-state index contributed by atoms with van der Waals surface area (Å²) in [7, 11) is 1.50. The Hall–Kier alpha value is -3.65. The lowest BCUT2D eigenvalue weighted by molar-refractivity contribution is 0.0696. The van der Waals surface area contributed by atoms with Gasteiger partial charge in [-0.3, -0.25) is 5.43 Å². The first-order valence-electron chi connectivity index (χ1n) is 8.31. The van der Waals surface area contributed by atoms with Crippen molar-refractivity contribution in [3.63, 3.8) is 0 Å². The number of hydrogen-bond donors (Lipinski definition) is 1. The number of para-hydroxylation sites is 1. The Morgan fingerprint density at radius 1 is 1.18 bits per heavy atom. The number of esters is 1. The van der Waals surface area contributed by atoms with Crippen molar-refractivity contribution in [2.45, 2.75) is 0 Å². The van der Waals surface area contributed by atoms with Crippen LogP contribution in [0.1, 0.15) is 16.1 Å². The molecule has 0 saturated heterocycles. The minimum absolute atomic E-state index is 0.118. The zero-order valence-corrected chi connectivity index (χ0v) is 15.6. The van der Waals surface area contributed by atoms with Crippen LogP contribution in [0, 0.1) is 0 Å². The predicted molar refractivity (Wildman–Crippen MR) is 107 cm³/mol. The first kappa shape index (κ1) is 17.7. The summed E-state index contributed by atoms with van der Waals surface area (Å²) in [6.45, 7) is 0. The van der Waals surface area contributed by atoms with Crippen LogP contribution >= 0.6 is 11.3 Å². The standard InChI is InChI=1S/C20H15N3O4S/c1-25-17-11-13(8-9-15(17)27-19(24)16-6-4-10-26-16)12-21-23-20-22-14-5-2-3-7-18(14)28-20/h2-12H,1H3,(H,22,23). The van der Waals surface area contributed by atoms with E-state index < -0.39 is 5.97 Å². The van der Waals surface area contributed by atoms with E-state index in [1.807, 2.05) is 24.3 Å². The fourth-order valence-electron chi connectivity index (χ4n) is 2.48. The fraction of sp³-hybridized carbons (Fsp3) is 0.0500. The van der Waals surface area contributed by atoms with Crippen molar-refractivity contribution in [1.82, 2.24) is 4.98 Å². The summed E-state index contributed by atoms with van der Waals surface area (Å²) in [6, 6.07) is 16.1. The Bertz CT molecular complexity index is 1100. The van der Waals surface area contributed by atoms with Crippen molar-refractivity contribution in [2.24, 2.45) is 5.10 Å². The van der Waals surface area contributed by atoms with Gasteiger partial charge in [0, 0.05) is 0 Å². The van der Waals surface area contributed by atoms with Gasteiger partial charge in [-0.15, -0.1) is 0 Å². The van der Waals surface area contributed by atoms with E-state index in [9.17, 15) is 4.79 Å². The number of hydrogen-bond acceptors (Lipinski definition) is 8. The van der Waals surface area contributed by atoms with Gasteiger partial charge in [0.1, 0.15) is 0 Å². The number of anilines is 1. The molecular weight excluding hydrogens is 378 g/mol. The fourth-order valence-corrected chi connectivity index (χ4v) is 3.29. The molecule has 4 aromatic rings. The number of carbonyl (C=O) groups is 1. The van der Waals surface area contributed by atoms with Crippen LogP contribution in [-0.4, -0.2) is 24.3 Å². The number of ether oxygens (including phenoxy) is 2. The Morgan fingerprint density at radius 3 is 2.86 bits per heavy atom. The van der Waals surface area contributed by atoms with Gasteiger partial charge in [-0.2, -0.15) is 5.10 Å². The third kappa shape index (κ3) is 3.86. The Labute approximate surface area is 164 Å². The van der Waals surface area contributed by atoms with Crippen LogP contribution in [0.4, 0.5) is 5.13 Å². The number of rotatable bonds is 6. The normalized spacial score (nSPS) is 11.0. The van der Waals surface area contributed by atoms with E-state index in [-0.39, 0.29) is 5.76 Å². The maximum Gasteiger partial charge on any atom is 0.379 e. The van der Waals surface area contributed by atoms with Crippen LogP contribution in [0.5, 0.6) is 11.5 Å². The molecular formula is C20H15N3O4S. The Balaban J connectivity index is 1.46.